The first-order chi connectivity index (χ1) is 8.59. The third-order valence-electron chi connectivity index (χ3n) is 2.22. The Bertz CT molecular complexity index is 604. The van der Waals surface area contributed by atoms with E-state index in [9.17, 15) is 9.18 Å². The van der Waals surface area contributed by atoms with Crippen molar-refractivity contribution < 1.29 is 9.18 Å². The van der Waals surface area contributed by atoms with Crippen molar-refractivity contribution >= 4 is 34.8 Å². The summed E-state index contributed by atoms with van der Waals surface area (Å²) in [5, 5.41) is 3.01. The number of hydrogen-bond acceptors (Lipinski definition) is 2. The van der Waals surface area contributed by atoms with Crippen molar-refractivity contribution in [3.05, 3.63) is 58.1 Å². The van der Waals surface area contributed by atoms with Gasteiger partial charge in [0.05, 0.1) is 27.5 Å². The van der Waals surface area contributed by atoms with Crippen molar-refractivity contribution in [2.24, 2.45) is 0 Å². The number of rotatable bonds is 2. The number of halogens is 3. The van der Waals surface area contributed by atoms with Gasteiger partial charge in [-0.1, -0.05) is 29.3 Å². The van der Waals surface area contributed by atoms with Crippen molar-refractivity contribution in [1.29, 1.82) is 0 Å². The van der Waals surface area contributed by atoms with Crippen molar-refractivity contribution in [1.82, 2.24) is 4.98 Å². The van der Waals surface area contributed by atoms with Gasteiger partial charge in [-0.3, -0.25) is 9.78 Å². The number of aromatic nitrogens is 1. The van der Waals surface area contributed by atoms with E-state index in [0.29, 0.717) is 10.7 Å². The first kappa shape index (κ1) is 12.8. The minimum Gasteiger partial charge on any atom is -0.320 e. The van der Waals surface area contributed by atoms with Crippen molar-refractivity contribution in [2.75, 3.05) is 5.32 Å². The molecule has 1 aromatic heterocycles. The van der Waals surface area contributed by atoms with E-state index in [2.05, 4.69) is 10.3 Å². The fourth-order valence-electron chi connectivity index (χ4n) is 1.35. The molecular weight excluding hydrogens is 278 g/mol. The Balaban J connectivity index is 2.27. The second kappa shape index (κ2) is 5.33. The van der Waals surface area contributed by atoms with Gasteiger partial charge in [0.1, 0.15) is 0 Å². The van der Waals surface area contributed by atoms with Gasteiger partial charge in [-0.2, -0.15) is 0 Å². The highest BCUT2D eigenvalue weighted by Crippen LogP contribution is 2.29. The van der Waals surface area contributed by atoms with E-state index in [4.69, 9.17) is 23.2 Å². The molecule has 0 spiro atoms. The Kier molecular flexibility index (Phi) is 3.79. The summed E-state index contributed by atoms with van der Waals surface area (Å²) in [6, 6.07) is 6.08. The number of carbonyl (C=O) groups excluding carboxylic acids is 1. The third kappa shape index (κ3) is 2.60. The SMILES string of the molecule is O=C(Nc1cccc(Cl)c1Cl)c1ccncc1F. The van der Waals surface area contributed by atoms with Gasteiger partial charge in [0.25, 0.3) is 5.91 Å². The van der Waals surface area contributed by atoms with Gasteiger partial charge in [-0.25, -0.2) is 4.39 Å². The number of nitrogens with zero attached hydrogens (tertiary/aromatic N) is 1. The summed E-state index contributed by atoms with van der Waals surface area (Å²) < 4.78 is 13.3. The van der Waals surface area contributed by atoms with Crippen molar-refractivity contribution in [2.45, 2.75) is 0 Å². The molecule has 0 fully saturated rings. The summed E-state index contributed by atoms with van der Waals surface area (Å²) in [6.07, 6.45) is 2.30. The molecule has 92 valence electrons. The van der Waals surface area contributed by atoms with Gasteiger partial charge in [-0.05, 0) is 18.2 Å². The minimum atomic E-state index is -0.701. The maximum absolute atomic E-state index is 13.3. The van der Waals surface area contributed by atoms with E-state index in [0.717, 1.165) is 6.20 Å². The van der Waals surface area contributed by atoms with E-state index >= 15 is 0 Å². The van der Waals surface area contributed by atoms with Crippen LogP contribution in [0.1, 0.15) is 10.4 Å². The van der Waals surface area contributed by atoms with Crippen LogP contribution in [-0.4, -0.2) is 10.9 Å². The minimum absolute atomic E-state index is 0.110. The highest BCUT2D eigenvalue weighted by atomic mass is 35.5. The van der Waals surface area contributed by atoms with Gasteiger partial charge in [0.2, 0.25) is 0 Å². The number of amides is 1. The van der Waals surface area contributed by atoms with Crippen LogP contribution < -0.4 is 5.32 Å². The molecule has 0 saturated heterocycles. The topological polar surface area (TPSA) is 42.0 Å². The first-order valence-electron chi connectivity index (χ1n) is 4.94. The number of benzene rings is 1. The lowest BCUT2D eigenvalue weighted by Gasteiger charge is -2.08. The first-order valence-corrected chi connectivity index (χ1v) is 5.70. The molecule has 1 amide bonds. The molecule has 0 aliphatic heterocycles. The standard InChI is InChI=1S/C12H7Cl2FN2O/c13-8-2-1-3-10(11(8)14)17-12(18)7-4-5-16-6-9(7)15/h1-6H,(H,17,18). The van der Waals surface area contributed by atoms with Crippen LogP contribution in [-0.2, 0) is 0 Å². The van der Waals surface area contributed by atoms with Crippen LogP contribution in [0, 0.1) is 5.82 Å². The number of carbonyl (C=O) groups is 1. The molecule has 0 bridgehead atoms. The molecule has 0 atom stereocenters. The summed E-state index contributed by atoms with van der Waals surface area (Å²) in [7, 11) is 0. The number of pyridine rings is 1. The second-order valence-electron chi connectivity index (χ2n) is 3.41. The van der Waals surface area contributed by atoms with Gasteiger partial charge in [0, 0.05) is 6.20 Å². The molecule has 0 aliphatic carbocycles. The smallest absolute Gasteiger partial charge is 0.258 e. The fourth-order valence-corrected chi connectivity index (χ4v) is 1.70. The Morgan fingerprint density at radius 3 is 2.78 bits per heavy atom. The molecule has 1 N–H and O–H groups in total. The largest absolute Gasteiger partial charge is 0.320 e. The quantitative estimate of drug-likeness (QED) is 0.912. The fraction of sp³-hybridized carbons (Fsp3) is 0. The predicted molar refractivity (Wildman–Crippen MR) is 68.6 cm³/mol. The number of hydrogen-bond donors (Lipinski definition) is 1. The van der Waals surface area contributed by atoms with E-state index < -0.39 is 11.7 Å². The van der Waals surface area contributed by atoms with Gasteiger partial charge in [-0.15, -0.1) is 0 Å². The zero-order valence-corrected chi connectivity index (χ0v) is 10.5. The van der Waals surface area contributed by atoms with Crippen LogP contribution in [0.15, 0.2) is 36.7 Å². The zero-order valence-electron chi connectivity index (χ0n) is 8.95. The lowest BCUT2D eigenvalue weighted by Crippen LogP contribution is -2.14. The summed E-state index contributed by atoms with van der Waals surface area (Å²) in [6.45, 7) is 0. The molecule has 2 rings (SSSR count). The predicted octanol–water partition coefficient (Wildman–Crippen LogP) is 3.78. The lowest BCUT2D eigenvalue weighted by molar-refractivity contribution is 0.102. The molecule has 1 aromatic carbocycles. The van der Waals surface area contributed by atoms with E-state index in [1.54, 1.807) is 18.2 Å². The molecule has 0 saturated carbocycles. The Hall–Kier alpha value is -1.65. The molecule has 1 heterocycles. The van der Waals surface area contributed by atoms with Gasteiger partial charge >= 0.3 is 0 Å². The van der Waals surface area contributed by atoms with Crippen LogP contribution >= 0.6 is 23.2 Å². The summed E-state index contributed by atoms with van der Waals surface area (Å²) >= 11 is 11.7. The van der Waals surface area contributed by atoms with Crippen LogP contribution in [0.3, 0.4) is 0 Å². The summed E-state index contributed by atoms with van der Waals surface area (Å²) in [5.74, 6) is -1.31. The van der Waals surface area contributed by atoms with E-state index in [1.807, 2.05) is 0 Å². The third-order valence-corrected chi connectivity index (χ3v) is 3.04. The molecule has 0 unspecified atom stereocenters. The molecule has 0 aliphatic rings. The summed E-state index contributed by atoms with van der Waals surface area (Å²) in [5.41, 5.74) is 0.214. The molecule has 6 heteroatoms. The molecule has 3 nitrogen and oxygen atoms in total. The maximum atomic E-state index is 13.3. The van der Waals surface area contributed by atoms with Crippen molar-refractivity contribution in [3.8, 4) is 0 Å². The number of nitrogens with one attached hydrogen (secondary N) is 1. The highest BCUT2D eigenvalue weighted by molar-refractivity contribution is 6.44. The molecule has 18 heavy (non-hydrogen) atoms. The van der Waals surface area contributed by atoms with Gasteiger partial charge < -0.3 is 5.32 Å². The second-order valence-corrected chi connectivity index (χ2v) is 4.20. The number of anilines is 1. The Morgan fingerprint density at radius 1 is 1.28 bits per heavy atom. The Labute approximate surface area is 113 Å². The average Bonchev–Trinajstić information content (AvgIpc) is 2.35. The maximum Gasteiger partial charge on any atom is 0.258 e. The average molecular weight is 285 g/mol. The van der Waals surface area contributed by atoms with E-state index in [-0.39, 0.29) is 10.6 Å². The molecular formula is C12H7Cl2FN2O. The van der Waals surface area contributed by atoms with Crippen LogP contribution in [0.2, 0.25) is 10.0 Å². The lowest BCUT2D eigenvalue weighted by atomic mass is 10.2. The molecule has 2 aromatic rings. The molecule has 0 radical (unpaired) electrons. The summed E-state index contributed by atoms with van der Waals surface area (Å²) in [4.78, 5) is 15.4. The monoisotopic (exact) mass is 284 g/mol. The van der Waals surface area contributed by atoms with Crippen LogP contribution in [0.4, 0.5) is 10.1 Å². The van der Waals surface area contributed by atoms with E-state index in [1.165, 1.54) is 12.3 Å². The zero-order chi connectivity index (χ0) is 13.1. The van der Waals surface area contributed by atoms with Crippen molar-refractivity contribution in [3.63, 3.8) is 0 Å². The van der Waals surface area contributed by atoms with Crippen LogP contribution in [0.5, 0.6) is 0 Å². The Morgan fingerprint density at radius 2 is 2.06 bits per heavy atom. The highest BCUT2D eigenvalue weighted by Gasteiger charge is 2.13. The van der Waals surface area contributed by atoms with Crippen LogP contribution in [0.25, 0.3) is 0 Å². The normalized spacial score (nSPS) is 10.2. The van der Waals surface area contributed by atoms with Gasteiger partial charge in [0.15, 0.2) is 5.82 Å².